The van der Waals surface area contributed by atoms with Gasteiger partial charge in [0.2, 0.25) is 0 Å². The van der Waals surface area contributed by atoms with E-state index in [1.54, 1.807) is 0 Å². The van der Waals surface area contributed by atoms with Gasteiger partial charge in [-0.1, -0.05) is 6.92 Å². The molecule has 2 bridgehead atoms. The molecule has 0 radical (unpaired) electrons. The third kappa shape index (κ3) is 0.923. The number of fused-ring (bicyclic) bond motifs is 5. The minimum Gasteiger partial charge on any atom is -0.198 e. The van der Waals surface area contributed by atoms with Gasteiger partial charge in [0.05, 0.1) is 6.07 Å². The van der Waals surface area contributed by atoms with Crippen LogP contribution in [0.5, 0.6) is 0 Å². The van der Waals surface area contributed by atoms with Crippen molar-refractivity contribution in [2.75, 3.05) is 0 Å². The maximum atomic E-state index is 8.93. The molecule has 3 aliphatic rings. The summed E-state index contributed by atoms with van der Waals surface area (Å²) in [5, 5.41) is 8.93. The number of rotatable bonds is 0. The van der Waals surface area contributed by atoms with Gasteiger partial charge in [-0.3, -0.25) is 0 Å². The van der Waals surface area contributed by atoms with Crippen molar-refractivity contribution in [3.63, 3.8) is 0 Å². The van der Waals surface area contributed by atoms with Gasteiger partial charge in [0, 0.05) is 5.92 Å². The van der Waals surface area contributed by atoms with E-state index in [-0.39, 0.29) is 0 Å². The highest BCUT2D eigenvalue weighted by atomic mass is 14.6. The lowest BCUT2D eigenvalue weighted by Crippen LogP contribution is -2.22. The summed E-state index contributed by atoms with van der Waals surface area (Å²) in [6.07, 6.45) is 5.42. The van der Waals surface area contributed by atoms with Crippen molar-refractivity contribution in [2.24, 2.45) is 35.5 Å². The predicted octanol–water partition coefficient (Wildman–Crippen LogP) is 2.83. The van der Waals surface area contributed by atoms with Gasteiger partial charge >= 0.3 is 0 Å². The van der Waals surface area contributed by atoms with Crippen LogP contribution >= 0.6 is 0 Å². The number of hydrogen-bond acceptors (Lipinski definition) is 1. The first kappa shape index (κ1) is 7.85. The molecule has 1 nitrogen and oxygen atoms in total. The Morgan fingerprint density at radius 3 is 2.54 bits per heavy atom. The molecule has 70 valence electrons. The van der Waals surface area contributed by atoms with Crippen LogP contribution in [-0.4, -0.2) is 0 Å². The zero-order valence-electron chi connectivity index (χ0n) is 8.24. The molecule has 6 unspecified atom stereocenters. The molecule has 0 spiro atoms. The van der Waals surface area contributed by atoms with E-state index in [9.17, 15) is 0 Å². The second kappa shape index (κ2) is 2.50. The summed E-state index contributed by atoms with van der Waals surface area (Å²) in [5.74, 6) is 5.26. The molecule has 0 N–H and O–H groups in total. The molecule has 3 fully saturated rings. The van der Waals surface area contributed by atoms with Gasteiger partial charge in [-0.15, -0.1) is 0 Å². The Hall–Kier alpha value is -0.510. The zero-order valence-corrected chi connectivity index (χ0v) is 8.24. The highest BCUT2D eigenvalue weighted by Crippen LogP contribution is 2.61. The Morgan fingerprint density at radius 1 is 1.00 bits per heavy atom. The summed E-state index contributed by atoms with van der Waals surface area (Å²) in [7, 11) is 0. The standard InChI is InChI=1S/C12H17N/c1-7-2-9-5-10(7)12-4-8(6-13)3-11(9)12/h7-12H,2-5H2,1H3. The monoisotopic (exact) mass is 175 g/mol. The van der Waals surface area contributed by atoms with E-state index in [0.717, 1.165) is 29.6 Å². The zero-order chi connectivity index (χ0) is 9.00. The van der Waals surface area contributed by atoms with Crippen LogP contribution in [0.4, 0.5) is 0 Å². The SMILES string of the molecule is CC1CC2CC1C1CC(C#N)CC21. The average Bonchev–Trinajstić information content (AvgIpc) is 2.71. The first-order chi connectivity index (χ1) is 6.29. The molecule has 3 aliphatic carbocycles. The molecule has 0 aromatic heterocycles. The summed E-state index contributed by atoms with van der Waals surface area (Å²) in [6, 6.07) is 2.48. The third-order valence-electron chi connectivity index (χ3n) is 4.98. The Labute approximate surface area is 80.1 Å². The van der Waals surface area contributed by atoms with Crippen LogP contribution in [0, 0.1) is 46.8 Å². The predicted molar refractivity (Wildman–Crippen MR) is 50.7 cm³/mol. The maximum absolute atomic E-state index is 8.93. The van der Waals surface area contributed by atoms with E-state index in [2.05, 4.69) is 13.0 Å². The van der Waals surface area contributed by atoms with Crippen LogP contribution < -0.4 is 0 Å². The Bertz CT molecular complexity index is 265. The first-order valence-corrected chi connectivity index (χ1v) is 5.69. The summed E-state index contributed by atoms with van der Waals surface area (Å²) in [6.45, 7) is 2.42. The van der Waals surface area contributed by atoms with Crippen molar-refractivity contribution in [1.29, 1.82) is 5.26 Å². The summed E-state index contributed by atoms with van der Waals surface area (Å²) < 4.78 is 0. The van der Waals surface area contributed by atoms with Gasteiger partial charge in [-0.25, -0.2) is 0 Å². The topological polar surface area (TPSA) is 23.8 Å². The molecular formula is C12H17N. The maximum Gasteiger partial charge on any atom is 0.0656 e. The molecule has 3 rings (SSSR count). The summed E-state index contributed by atoms with van der Waals surface area (Å²) >= 11 is 0. The van der Waals surface area contributed by atoms with Crippen molar-refractivity contribution in [2.45, 2.75) is 32.6 Å². The van der Waals surface area contributed by atoms with Crippen LogP contribution in [0.3, 0.4) is 0 Å². The van der Waals surface area contributed by atoms with Crippen molar-refractivity contribution < 1.29 is 0 Å². The van der Waals surface area contributed by atoms with Gasteiger partial charge in [-0.05, 0) is 55.3 Å². The van der Waals surface area contributed by atoms with Crippen LogP contribution in [-0.2, 0) is 0 Å². The fraction of sp³-hybridized carbons (Fsp3) is 0.917. The molecule has 0 saturated heterocycles. The second-order valence-electron chi connectivity index (χ2n) is 5.50. The summed E-state index contributed by atoms with van der Waals surface area (Å²) in [5.41, 5.74) is 0. The molecule has 13 heavy (non-hydrogen) atoms. The smallest absolute Gasteiger partial charge is 0.0656 e. The van der Waals surface area contributed by atoms with Crippen LogP contribution in [0.25, 0.3) is 0 Å². The lowest BCUT2D eigenvalue weighted by Gasteiger charge is -2.28. The fourth-order valence-electron chi connectivity index (χ4n) is 4.52. The van der Waals surface area contributed by atoms with E-state index in [0.29, 0.717) is 5.92 Å². The van der Waals surface area contributed by atoms with Crippen LogP contribution in [0.1, 0.15) is 32.6 Å². The van der Waals surface area contributed by atoms with Crippen molar-refractivity contribution in [3.8, 4) is 6.07 Å². The Morgan fingerprint density at radius 2 is 1.77 bits per heavy atom. The van der Waals surface area contributed by atoms with E-state index >= 15 is 0 Å². The van der Waals surface area contributed by atoms with Gasteiger partial charge in [0.15, 0.2) is 0 Å². The first-order valence-electron chi connectivity index (χ1n) is 5.69. The van der Waals surface area contributed by atoms with E-state index in [4.69, 9.17) is 5.26 Å². The quantitative estimate of drug-likeness (QED) is 0.555. The van der Waals surface area contributed by atoms with Gasteiger partial charge in [0.1, 0.15) is 0 Å². The molecule has 3 saturated carbocycles. The van der Waals surface area contributed by atoms with Gasteiger partial charge in [0.25, 0.3) is 0 Å². The number of hydrogen-bond donors (Lipinski definition) is 0. The van der Waals surface area contributed by atoms with Gasteiger partial charge in [-0.2, -0.15) is 5.26 Å². The fourth-order valence-corrected chi connectivity index (χ4v) is 4.52. The minimum absolute atomic E-state index is 0.408. The van der Waals surface area contributed by atoms with E-state index in [1.807, 2.05) is 0 Å². The molecule has 6 atom stereocenters. The normalized spacial score (nSPS) is 57.8. The lowest BCUT2D eigenvalue weighted by atomic mass is 9.77. The number of nitrogens with zero attached hydrogens (tertiary/aromatic N) is 1. The lowest BCUT2D eigenvalue weighted by molar-refractivity contribution is 0.201. The van der Waals surface area contributed by atoms with Crippen molar-refractivity contribution in [3.05, 3.63) is 0 Å². The van der Waals surface area contributed by atoms with Crippen LogP contribution in [0.2, 0.25) is 0 Å². The largest absolute Gasteiger partial charge is 0.198 e. The van der Waals surface area contributed by atoms with Crippen LogP contribution in [0.15, 0.2) is 0 Å². The second-order valence-corrected chi connectivity index (χ2v) is 5.50. The molecule has 0 heterocycles. The van der Waals surface area contributed by atoms with Crippen molar-refractivity contribution in [1.82, 2.24) is 0 Å². The molecular weight excluding hydrogens is 158 g/mol. The van der Waals surface area contributed by atoms with Crippen molar-refractivity contribution >= 4 is 0 Å². The van der Waals surface area contributed by atoms with E-state index in [1.165, 1.54) is 25.7 Å². The highest BCUT2D eigenvalue weighted by Gasteiger charge is 2.54. The molecule has 0 amide bonds. The Kier molecular flexibility index (Phi) is 1.51. The molecule has 0 aliphatic heterocycles. The van der Waals surface area contributed by atoms with Gasteiger partial charge < -0.3 is 0 Å². The third-order valence-corrected chi connectivity index (χ3v) is 4.98. The molecule has 0 aromatic carbocycles. The molecule has 1 heteroatoms. The molecule has 0 aromatic rings. The number of nitriles is 1. The van der Waals surface area contributed by atoms with E-state index < -0.39 is 0 Å². The Balaban J connectivity index is 1.83. The highest BCUT2D eigenvalue weighted by molar-refractivity contribution is 5.07. The average molecular weight is 175 g/mol. The minimum atomic E-state index is 0.408. The summed E-state index contributed by atoms with van der Waals surface area (Å²) in [4.78, 5) is 0.